The molecule has 2 N–H and O–H groups in total. The number of anilines is 1. The van der Waals surface area contributed by atoms with Crippen molar-refractivity contribution in [1.82, 2.24) is 15.1 Å². The number of hydrogen-bond donors (Lipinski definition) is 2. The van der Waals surface area contributed by atoms with Crippen LogP contribution in [0, 0.1) is 0 Å². The summed E-state index contributed by atoms with van der Waals surface area (Å²) < 4.78 is 5.25. The average molecular weight is 374 g/mol. The quantitative estimate of drug-likeness (QED) is 0.481. The zero-order valence-corrected chi connectivity index (χ0v) is 14.9. The van der Waals surface area contributed by atoms with E-state index in [1.54, 1.807) is 11.3 Å². The lowest BCUT2D eigenvalue weighted by Crippen LogP contribution is -2.14. The van der Waals surface area contributed by atoms with Crippen LogP contribution in [0.3, 0.4) is 0 Å². The van der Waals surface area contributed by atoms with Gasteiger partial charge in [0.25, 0.3) is 0 Å². The SMILES string of the molecule is O=C(Cc1noc2ccccc12)Nc1ccc2nc(-c3cccs3)[nH]c2c1. The third kappa shape index (κ3) is 2.98. The van der Waals surface area contributed by atoms with Gasteiger partial charge in [-0.2, -0.15) is 0 Å². The lowest BCUT2D eigenvalue weighted by atomic mass is 10.1. The van der Waals surface area contributed by atoms with Gasteiger partial charge in [0.2, 0.25) is 5.91 Å². The molecule has 0 atom stereocenters. The molecule has 5 rings (SSSR count). The number of carbonyl (C=O) groups excluding carboxylic acids is 1. The Morgan fingerprint density at radius 2 is 2.07 bits per heavy atom. The summed E-state index contributed by atoms with van der Waals surface area (Å²) in [5.74, 6) is 0.684. The first-order valence-corrected chi connectivity index (χ1v) is 9.31. The molecule has 0 aliphatic heterocycles. The topological polar surface area (TPSA) is 83.8 Å². The minimum Gasteiger partial charge on any atom is -0.356 e. The Labute approximate surface area is 157 Å². The standard InChI is InChI=1S/C20H14N4O2S/c25-19(11-15-13-4-1-2-5-17(13)26-24-15)21-12-7-8-14-16(10-12)23-20(22-14)18-6-3-9-27-18/h1-10H,11H2,(H,21,25)(H,22,23). The fourth-order valence-corrected chi connectivity index (χ4v) is 3.71. The number of thiophene rings is 1. The van der Waals surface area contributed by atoms with Gasteiger partial charge in [-0.25, -0.2) is 4.98 Å². The van der Waals surface area contributed by atoms with Crippen LogP contribution in [0.15, 0.2) is 64.5 Å². The third-order valence-corrected chi connectivity index (χ3v) is 5.18. The maximum atomic E-state index is 12.4. The number of aromatic amines is 1. The van der Waals surface area contributed by atoms with Crippen molar-refractivity contribution >= 4 is 44.9 Å². The van der Waals surface area contributed by atoms with Gasteiger partial charge >= 0.3 is 0 Å². The van der Waals surface area contributed by atoms with E-state index in [2.05, 4.69) is 20.4 Å². The molecular formula is C20H14N4O2S. The number of hydrogen-bond acceptors (Lipinski definition) is 5. The van der Waals surface area contributed by atoms with Crippen LogP contribution in [0.5, 0.6) is 0 Å². The van der Waals surface area contributed by atoms with Crippen LogP contribution in [0.2, 0.25) is 0 Å². The number of rotatable bonds is 4. The van der Waals surface area contributed by atoms with Crippen LogP contribution >= 0.6 is 11.3 Å². The van der Waals surface area contributed by atoms with Crippen LogP contribution in [-0.2, 0) is 11.2 Å². The summed E-state index contributed by atoms with van der Waals surface area (Å²) in [6.07, 6.45) is 0.151. The molecule has 3 aromatic heterocycles. The van der Waals surface area contributed by atoms with Gasteiger partial charge < -0.3 is 14.8 Å². The fourth-order valence-electron chi connectivity index (χ4n) is 3.04. The van der Waals surface area contributed by atoms with Gasteiger partial charge in [0.15, 0.2) is 5.58 Å². The maximum Gasteiger partial charge on any atom is 0.230 e. The van der Waals surface area contributed by atoms with E-state index in [9.17, 15) is 4.79 Å². The van der Waals surface area contributed by atoms with E-state index in [-0.39, 0.29) is 12.3 Å². The van der Waals surface area contributed by atoms with Crippen molar-refractivity contribution in [2.24, 2.45) is 0 Å². The summed E-state index contributed by atoms with van der Waals surface area (Å²) in [4.78, 5) is 21.4. The molecule has 0 fully saturated rings. The number of amides is 1. The van der Waals surface area contributed by atoms with E-state index in [0.29, 0.717) is 17.0 Å². The molecule has 0 spiro atoms. The number of imidazole rings is 1. The predicted molar refractivity (Wildman–Crippen MR) is 106 cm³/mol. The van der Waals surface area contributed by atoms with Gasteiger partial charge in [0, 0.05) is 11.1 Å². The second-order valence-corrected chi connectivity index (χ2v) is 7.09. The minimum atomic E-state index is -0.147. The highest BCUT2D eigenvalue weighted by atomic mass is 32.1. The highest BCUT2D eigenvalue weighted by Crippen LogP contribution is 2.26. The van der Waals surface area contributed by atoms with Gasteiger partial charge in [0.05, 0.1) is 22.3 Å². The lowest BCUT2D eigenvalue weighted by Gasteiger charge is -2.04. The van der Waals surface area contributed by atoms with Crippen molar-refractivity contribution in [3.05, 3.63) is 65.7 Å². The summed E-state index contributed by atoms with van der Waals surface area (Å²) >= 11 is 1.63. The van der Waals surface area contributed by atoms with Gasteiger partial charge in [-0.1, -0.05) is 23.4 Å². The first kappa shape index (κ1) is 15.8. The molecule has 0 radical (unpaired) electrons. The molecule has 27 heavy (non-hydrogen) atoms. The molecule has 5 aromatic rings. The number of nitrogens with zero attached hydrogens (tertiary/aromatic N) is 2. The molecule has 0 saturated carbocycles. The summed E-state index contributed by atoms with van der Waals surface area (Å²) in [6.45, 7) is 0. The van der Waals surface area contributed by atoms with E-state index < -0.39 is 0 Å². The summed E-state index contributed by atoms with van der Waals surface area (Å²) in [5, 5.41) is 9.80. The van der Waals surface area contributed by atoms with Crippen LogP contribution in [0.25, 0.3) is 32.7 Å². The molecule has 2 aromatic carbocycles. The van der Waals surface area contributed by atoms with E-state index in [1.807, 2.05) is 60.0 Å². The number of benzene rings is 2. The number of H-pyrrole nitrogens is 1. The van der Waals surface area contributed by atoms with Crippen LogP contribution in [0.4, 0.5) is 5.69 Å². The summed E-state index contributed by atoms with van der Waals surface area (Å²) in [7, 11) is 0. The normalized spacial score (nSPS) is 11.3. The maximum absolute atomic E-state index is 12.4. The summed E-state index contributed by atoms with van der Waals surface area (Å²) in [6, 6.07) is 17.2. The van der Waals surface area contributed by atoms with Crippen molar-refractivity contribution in [1.29, 1.82) is 0 Å². The molecule has 0 unspecified atom stereocenters. The number of aromatic nitrogens is 3. The predicted octanol–water partition coefficient (Wildman–Crippen LogP) is 4.61. The average Bonchev–Trinajstić information content (AvgIpc) is 3.41. The highest BCUT2D eigenvalue weighted by Gasteiger charge is 2.13. The van der Waals surface area contributed by atoms with Crippen LogP contribution in [0.1, 0.15) is 5.69 Å². The van der Waals surface area contributed by atoms with E-state index in [1.165, 1.54) is 0 Å². The molecule has 132 valence electrons. The van der Waals surface area contributed by atoms with Crippen molar-refractivity contribution in [3.8, 4) is 10.7 Å². The van der Waals surface area contributed by atoms with Gasteiger partial charge in [-0.15, -0.1) is 11.3 Å². The Balaban J connectivity index is 1.36. The molecule has 0 aliphatic carbocycles. The number of para-hydroxylation sites is 1. The van der Waals surface area contributed by atoms with E-state index in [4.69, 9.17) is 4.52 Å². The molecule has 3 heterocycles. The van der Waals surface area contributed by atoms with E-state index in [0.717, 1.165) is 27.1 Å². The van der Waals surface area contributed by atoms with Crippen LogP contribution < -0.4 is 5.32 Å². The van der Waals surface area contributed by atoms with Gasteiger partial charge in [-0.05, 0) is 41.8 Å². The fraction of sp³-hybridized carbons (Fsp3) is 0.0500. The van der Waals surface area contributed by atoms with Crippen molar-refractivity contribution in [3.63, 3.8) is 0 Å². The Morgan fingerprint density at radius 1 is 1.15 bits per heavy atom. The van der Waals surface area contributed by atoms with E-state index >= 15 is 0 Å². The summed E-state index contributed by atoms with van der Waals surface area (Å²) in [5.41, 5.74) is 3.76. The Kier molecular flexibility index (Phi) is 3.72. The molecule has 0 bridgehead atoms. The zero-order valence-electron chi connectivity index (χ0n) is 14.1. The van der Waals surface area contributed by atoms with Crippen molar-refractivity contribution in [2.45, 2.75) is 6.42 Å². The van der Waals surface area contributed by atoms with Crippen molar-refractivity contribution in [2.75, 3.05) is 5.32 Å². The molecule has 0 saturated heterocycles. The molecule has 6 nitrogen and oxygen atoms in total. The van der Waals surface area contributed by atoms with Gasteiger partial charge in [0.1, 0.15) is 11.5 Å². The Morgan fingerprint density at radius 3 is 2.96 bits per heavy atom. The largest absolute Gasteiger partial charge is 0.356 e. The second kappa shape index (κ2) is 6.37. The Hall–Kier alpha value is -3.45. The monoisotopic (exact) mass is 374 g/mol. The smallest absolute Gasteiger partial charge is 0.230 e. The lowest BCUT2D eigenvalue weighted by molar-refractivity contribution is -0.115. The molecule has 0 aliphatic rings. The number of fused-ring (bicyclic) bond motifs is 2. The third-order valence-electron chi connectivity index (χ3n) is 4.30. The minimum absolute atomic E-state index is 0.147. The van der Waals surface area contributed by atoms with Crippen LogP contribution in [-0.4, -0.2) is 21.0 Å². The molecular weight excluding hydrogens is 360 g/mol. The number of nitrogens with one attached hydrogen (secondary N) is 2. The highest BCUT2D eigenvalue weighted by molar-refractivity contribution is 7.13. The second-order valence-electron chi connectivity index (χ2n) is 6.15. The van der Waals surface area contributed by atoms with Gasteiger partial charge in [-0.3, -0.25) is 4.79 Å². The number of carbonyl (C=O) groups is 1. The van der Waals surface area contributed by atoms with Crippen molar-refractivity contribution < 1.29 is 9.32 Å². The Bertz CT molecular complexity index is 1250. The zero-order chi connectivity index (χ0) is 18.2. The first-order valence-electron chi connectivity index (χ1n) is 8.43. The molecule has 1 amide bonds. The first-order chi connectivity index (χ1) is 13.3. The molecule has 7 heteroatoms.